The lowest BCUT2D eigenvalue weighted by Crippen LogP contribution is -2.42. The van der Waals surface area contributed by atoms with Crippen molar-refractivity contribution in [1.29, 1.82) is 0 Å². The standard InChI is InChI=1S/C34H39F2N5O4/c1-43-29-18-22(19-30(44-2)31(29)45-3)32(42)41-17-13-34(21-41,23-8-9-25(35)26(36)20-23)12-16-40-14-10-24(11-15-40)37-33-38-27-6-4-5-7-28(27)39-33/h4-9,18-20,24H,10-17,21H2,1-3H3,(H2,37,38,39). The van der Waals surface area contributed by atoms with Crippen molar-refractivity contribution in [3.05, 3.63) is 77.4 Å². The van der Waals surface area contributed by atoms with Crippen molar-refractivity contribution in [1.82, 2.24) is 19.8 Å². The third kappa shape index (κ3) is 6.26. The minimum atomic E-state index is -0.878. The summed E-state index contributed by atoms with van der Waals surface area (Å²) in [7, 11) is 4.53. The van der Waals surface area contributed by atoms with Gasteiger partial charge in [-0.05, 0) is 74.2 Å². The fraction of sp³-hybridized carbons (Fsp3) is 0.412. The van der Waals surface area contributed by atoms with Crippen LogP contribution < -0.4 is 19.5 Å². The number of rotatable bonds is 10. The number of nitrogens with zero attached hydrogens (tertiary/aromatic N) is 3. The first-order valence-corrected chi connectivity index (χ1v) is 15.3. The smallest absolute Gasteiger partial charge is 0.254 e. The maximum atomic E-state index is 14.5. The molecular formula is C34H39F2N5O4. The molecule has 1 aromatic heterocycles. The molecule has 3 heterocycles. The lowest BCUT2D eigenvalue weighted by atomic mass is 9.76. The molecule has 6 rings (SSSR count). The number of carbonyl (C=O) groups is 1. The number of methoxy groups -OCH3 is 3. The molecule has 3 aromatic carbocycles. The van der Waals surface area contributed by atoms with E-state index in [0.717, 1.165) is 49.5 Å². The van der Waals surface area contributed by atoms with Crippen LogP contribution in [-0.4, -0.2) is 85.8 Å². The largest absolute Gasteiger partial charge is 0.493 e. The Bertz CT molecular complexity index is 1610. The van der Waals surface area contributed by atoms with Gasteiger partial charge in [-0.1, -0.05) is 18.2 Å². The number of aromatic amines is 1. The number of fused-ring (bicyclic) bond motifs is 1. The highest BCUT2D eigenvalue weighted by Crippen LogP contribution is 2.42. The maximum absolute atomic E-state index is 14.5. The zero-order valence-corrected chi connectivity index (χ0v) is 25.9. The Balaban J connectivity index is 1.15. The van der Waals surface area contributed by atoms with E-state index in [4.69, 9.17) is 14.2 Å². The van der Waals surface area contributed by atoms with Gasteiger partial charge in [0.15, 0.2) is 23.1 Å². The van der Waals surface area contributed by atoms with Crippen LogP contribution in [0.4, 0.5) is 14.7 Å². The average molecular weight is 620 g/mol. The van der Waals surface area contributed by atoms with Crippen molar-refractivity contribution in [3.8, 4) is 17.2 Å². The van der Waals surface area contributed by atoms with Gasteiger partial charge in [0.25, 0.3) is 5.91 Å². The van der Waals surface area contributed by atoms with Gasteiger partial charge >= 0.3 is 0 Å². The van der Waals surface area contributed by atoms with Crippen LogP contribution in [0.2, 0.25) is 0 Å². The summed E-state index contributed by atoms with van der Waals surface area (Å²) in [5.41, 5.74) is 2.55. The Labute approximate surface area is 261 Å². The highest BCUT2D eigenvalue weighted by molar-refractivity contribution is 5.96. The zero-order valence-electron chi connectivity index (χ0n) is 25.9. The number of benzene rings is 3. The topological polar surface area (TPSA) is 92.0 Å². The van der Waals surface area contributed by atoms with Crippen LogP contribution >= 0.6 is 0 Å². The minimum Gasteiger partial charge on any atom is -0.493 e. The van der Waals surface area contributed by atoms with Gasteiger partial charge in [0.1, 0.15) is 0 Å². The number of imidazole rings is 1. The molecule has 1 amide bonds. The molecular weight excluding hydrogens is 580 g/mol. The Hall–Kier alpha value is -4.38. The Morgan fingerprint density at radius 3 is 2.38 bits per heavy atom. The summed E-state index contributed by atoms with van der Waals surface area (Å²) in [6.07, 6.45) is 3.26. The fourth-order valence-corrected chi connectivity index (χ4v) is 6.73. The van der Waals surface area contributed by atoms with E-state index in [0.29, 0.717) is 60.3 Å². The van der Waals surface area contributed by atoms with Crippen molar-refractivity contribution in [2.75, 3.05) is 59.4 Å². The molecule has 2 aliphatic heterocycles. The molecule has 2 saturated heterocycles. The number of hydrogen-bond acceptors (Lipinski definition) is 7. The number of carbonyl (C=O) groups excluding carboxylic acids is 1. The van der Waals surface area contributed by atoms with Crippen LogP contribution in [0.1, 0.15) is 41.6 Å². The number of anilines is 1. The summed E-state index contributed by atoms with van der Waals surface area (Å²) in [5.74, 6) is 0.0422. The van der Waals surface area contributed by atoms with Crippen molar-refractivity contribution in [2.24, 2.45) is 0 Å². The van der Waals surface area contributed by atoms with E-state index < -0.39 is 17.0 Å². The van der Waals surface area contributed by atoms with Gasteiger partial charge in [0, 0.05) is 43.2 Å². The normalized spacial score (nSPS) is 19.2. The summed E-state index contributed by atoms with van der Waals surface area (Å²) in [5, 5.41) is 3.55. The van der Waals surface area contributed by atoms with Crippen LogP contribution in [-0.2, 0) is 5.41 Å². The number of H-pyrrole nitrogens is 1. The number of hydrogen-bond donors (Lipinski definition) is 2. The first-order valence-electron chi connectivity index (χ1n) is 15.3. The number of likely N-dealkylation sites (tertiary alicyclic amines) is 2. The number of para-hydroxylation sites is 2. The molecule has 0 aliphatic carbocycles. The molecule has 2 N–H and O–H groups in total. The van der Waals surface area contributed by atoms with Gasteiger partial charge in [-0.2, -0.15) is 0 Å². The van der Waals surface area contributed by atoms with Crippen LogP contribution in [0.25, 0.3) is 11.0 Å². The number of ether oxygens (including phenoxy) is 3. The van der Waals surface area contributed by atoms with Crippen molar-refractivity contribution in [2.45, 2.75) is 37.1 Å². The third-order valence-corrected chi connectivity index (χ3v) is 9.31. The van der Waals surface area contributed by atoms with Crippen LogP contribution in [0.15, 0.2) is 54.6 Å². The monoisotopic (exact) mass is 619 g/mol. The first kappa shape index (κ1) is 30.6. The number of aromatic nitrogens is 2. The second-order valence-corrected chi connectivity index (χ2v) is 11.9. The van der Waals surface area contributed by atoms with E-state index in [-0.39, 0.29) is 5.91 Å². The van der Waals surface area contributed by atoms with Gasteiger partial charge in [0.05, 0.1) is 32.4 Å². The van der Waals surface area contributed by atoms with Crippen molar-refractivity contribution >= 4 is 22.9 Å². The second-order valence-electron chi connectivity index (χ2n) is 11.9. The first-order chi connectivity index (χ1) is 21.8. The molecule has 0 saturated carbocycles. The Morgan fingerprint density at radius 1 is 0.978 bits per heavy atom. The van der Waals surface area contributed by atoms with E-state index in [9.17, 15) is 13.6 Å². The fourth-order valence-electron chi connectivity index (χ4n) is 6.73. The number of piperidine rings is 1. The second kappa shape index (κ2) is 12.9. The Kier molecular flexibility index (Phi) is 8.80. The molecule has 4 aromatic rings. The highest BCUT2D eigenvalue weighted by Gasteiger charge is 2.42. The molecule has 1 unspecified atom stereocenters. The lowest BCUT2D eigenvalue weighted by molar-refractivity contribution is 0.0779. The maximum Gasteiger partial charge on any atom is 0.254 e. The number of amides is 1. The van der Waals surface area contributed by atoms with Gasteiger partial charge < -0.3 is 34.3 Å². The molecule has 0 radical (unpaired) electrons. The molecule has 238 valence electrons. The summed E-state index contributed by atoms with van der Waals surface area (Å²) in [4.78, 5) is 26.0. The Morgan fingerprint density at radius 2 is 1.71 bits per heavy atom. The number of nitrogens with one attached hydrogen (secondary N) is 2. The molecule has 1 atom stereocenters. The predicted molar refractivity (Wildman–Crippen MR) is 168 cm³/mol. The van der Waals surface area contributed by atoms with E-state index in [1.807, 2.05) is 24.3 Å². The molecule has 0 bridgehead atoms. The lowest BCUT2D eigenvalue weighted by Gasteiger charge is -2.36. The van der Waals surface area contributed by atoms with Crippen LogP contribution in [0, 0.1) is 11.6 Å². The minimum absolute atomic E-state index is 0.184. The van der Waals surface area contributed by atoms with Gasteiger partial charge in [-0.3, -0.25) is 4.79 Å². The van der Waals surface area contributed by atoms with E-state index in [2.05, 4.69) is 20.2 Å². The summed E-state index contributed by atoms with van der Waals surface area (Å²) in [6, 6.07) is 15.7. The summed E-state index contributed by atoms with van der Waals surface area (Å²) < 4.78 is 44.8. The van der Waals surface area contributed by atoms with Crippen molar-refractivity contribution < 1.29 is 27.8 Å². The van der Waals surface area contributed by atoms with Gasteiger partial charge in [0.2, 0.25) is 11.7 Å². The molecule has 9 nitrogen and oxygen atoms in total. The summed E-state index contributed by atoms with van der Waals surface area (Å²) >= 11 is 0. The highest BCUT2D eigenvalue weighted by atomic mass is 19.2. The van der Waals surface area contributed by atoms with Crippen LogP contribution in [0.5, 0.6) is 17.2 Å². The number of halogens is 2. The van der Waals surface area contributed by atoms with Gasteiger partial charge in [-0.15, -0.1) is 0 Å². The van der Waals surface area contributed by atoms with E-state index in [1.54, 1.807) is 23.1 Å². The molecule has 11 heteroatoms. The van der Waals surface area contributed by atoms with E-state index >= 15 is 0 Å². The average Bonchev–Trinajstić information content (AvgIpc) is 3.69. The quantitative estimate of drug-likeness (QED) is 0.238. The summed E-state index contributed by atoms with van der Waals surface area (Å²) in [6.45, 7) is 3.46. The van der Waals surface area contributed by atoms with E-state index in [1.165, 1.54) is 33.5 Å². The molecule has 2 aliphatic rings. The molecule has 45 heavy (non-hydrogen) atoms. The van der Waals surface area contributed by atoms with Crippen molar-refractivity contribution in [3.63, 3.8) is 0 Å². The zero-order chi connectivity index (χ0) is 31.6. The predicted octanol–water partition coefficient (Wildman–Crippen LogP) is 5.62. The molecule has 2 fully saturated rings. The molecule has 0 spiro atoms. The van der Waals surface area contributed by atoms with Gasteiger partial charge in [-0.25, -0.2) is 13.8 Å². The van der Waals surface area contributed by atoms with Crippen LogP contribution in [0.3, 0.4) is 0 Å². The SMILES string of the molecule is COc1cc(C(=O)N2CCC(CCN3CCC(Nc4nc5ccccc5[nH]4)CC3)(c3ccc(F)c(F)c3)C2)cc(OC)c1OC. The third-order valence-electron chi connectivity index (χ3n) is 9.31.